The lowest BCUT2D eigenvalue weighted by atomic mass is 9.84. The highest BCUT2D eigenvalue weighted by molar-refractivity contribution is 5.95. The van der Waals surface area contributed by atoms with Crippen LogP contribution in [0.1, 0.15) is 34.3 Å². The molecular weight excluding hydrogens is 340 g/mol. The van der Waals surface area contributed by atoms with Gasteiger partial charge in [-0.05, 0) is 30.0 Å². The van der Waals surface area contributed by atoms with E-state index in [0.717, 1.165) is 11.1 Å². The summed E-state index contributed by atoms with van der Waals surface area (Å²) in [6.07, 6.45) is 4.20. The molecule has 0 unspecified atom stereocenters. The summed E-state index contributed by atoms with van der Waals surface area (Å²) in [6.45, 7) is 1.56. The number of nitrogens with zero attached hydrogens (tertiary/aromatic N) is 4. The molecule has 1 N–H and O–H groups in total. The molecular formula is C21H22N4O2. The van der Waals surface area contributed by atoms with Gasteiger partial charge >= 0.3 is 0 Å². The van der Waals surface area contributed by atoms with Crippen LogP contribution in [0.5, 0.6) is 0 Å². The molecule has 3 aromatic rings. The van der Waals surface area contributed by atoms with Gasteiger partial charge in [0.05, 0.1) is 12.1 Å². The fraction of sp³-hybridized carbons (Fsp3) is 0.286. The Balaban J connectivity index is 1.49. The maximum atomic E-state index is 13.1. The third-order valence-electron chi connectivity index (χ3n) is 5.24. The number of rotatable bonds is 4. The maximum Gasteiger partial charge on any atom is 0.254 e. The lowest BCUT2D eigenvalue weighted by Gasteiger charge is -2.38. The van der Waals surface area contributed by atoms with E-state index in [0.29, 0.717) is 38.0 Å². The van der Waals surface area contributed by atoms with E-state index in [1.807, 2.05) is 59.5 Å². The number of hydrogen-bond acceptors (Lipinski definition) is 4. The quantitative estimate of drug-likeness (QED) is 0.774. The van der Waals surface area contributed by atoms with Crippen LogP contribution in [0, 0.1) is 0 Å². The van der Waals surface area contributed by atoms with Crippen molar-refractivity contribution in [2.24, 2.45) is 0 Å². The summed E-state index contributed by atoms with van der Waals surface area (Å²) in [4.78, 5) is 18.9. The number of likely N-dealkylation sites (tertiary alicyclic amines) is 1. The summed E-state index contributed by atoms with van der Waals surface area (Å²) >= 11 is 0. The van der Waals surface area contributed by atoms with Crippen LogP contribution in [-0.2, 0) is 12.1 Å². The Morgan fingerprint density at radius 3 is 2.44 bits per heavy atom. The first kappa shape index (κ1) is 17.4. The second kappa shape index (κ2) is 7.32. The molecule has 0 spiro atoms. The van der Waals surface area contributed by atoms with Crippen LogP contribution >= 0.6 is 0 Å². The first-order chi connectivity index (χ1) is 13.2. The van der Waals surface area contributed by atoms with Crippen molar-refractivity contribution in [2.45, 2.75) is 25.0 Å². The van der Waals surface area contributed by atoms with Gasteiger partial charge in [-0.1, -0.05) is 48.5 Å². The minimum Gasteiger partial charge on any atom is -0.385 e. The van der Waals surface area contributed by atoms with Crippen LogP contribution in [0.4, 0.5) is 0 Å². The summed E-state index contributed by atoms with van der Waals surface area (Å²) in [6, 6.07) is 17.3. The van der Waals surface area contributed by atoms with Gasteiger partial charge in [-0.2, -0.15) is 5.10 Å². The number of carbonyl (C=O) groups is 1. The molecule has 1 fully saturated rings. The zero-order valence-corrected chi connectivity index (χ0v) is 15.0. The van der Waals surface area contributed by atoms with E-state index in [4.69, 9.17) is 0 Å². The van der Waals surface area contributed by atoms with Gasteiger partial charge in [0.2, 0.25) is 0 Å². The zero-order chi connectivity index (χ0) is 18.7. The van der Waals surface area contributed by atoms with Crippen molar-refractivity contribution in [3.05, 3.63) is 83.9 Å². The Kier molecular flexibility index (Phi) is 4.73. The fourth-order valence-corrected chi connectivity index (χ4v) is 3.64. The number of piperidine rings is 1. The average Bonchev–Trinajstić information content (AvgIpc) is 3.22. The molecule has 2 heterocycles. The molecule has 0 saturated carbocycles. The molecule has 138 valence electrons. The van der Waals surface area contributed by atoms with Crippen molar-refractivity contribution in [2.75, 3.05) is 13.1 Å². The molecule has 0 atom stereocenters. The Hall–Kier alpha value is -2.99. The first-order valence-corrected chi connectivity index (χ1v) is 9.13. The number of benzene rings is 2. The van der Waals surface area contributed by atoms with Crippen LogP contribution < -0.4 is 0 Å². The second-order valence-electron chi connectivity index (χ2n) is 6.94. The van der Waals surface area contributed by atoms with Gasteiger partial charge in [-0.3, -0.25) is 4.79 Å². The highest BCUT2D eigenvalue weighted by Gasteiger charge is 2.35. The monoisotopic (exact) mass is 362 g/mol. The predicted octanol–water partition coefficient (Wildman–Crippen LogP) is 2.45. The van der Waals surface area contributed by atoms with Gasteiger partial charge in [0.15, 0.2) is 0 Å². The van der Waals surface area contributed by atoms with Crippen molar-refractivity contribution in [1.82, 2.24) is 19.7 Å². The van der Waals surface area contributed by atoms with E-state index in [1.165, 1.54) is 6.33 Å². The van der Waals surface area contributed by atoms with Crippen molar-refractivity contribution in [3.8, 4) is 0 Å². The number of hydrogen-bond donors (Lipinski definition) is 1. The van der Waals surface area contributed by atoms with Gasteiger partial charge in [0.1, 0.15) is 12.7 Å². The third kappa shape index (κ3) is 3.61. The summed E-state index contributed by atoms with van der Waals surface area (Å²) in [5.74, 6) is 0.000766. The van der Waals surface area contributed by atoms with Crippen molar-refractivity contribution >= 4 is 5.91 Å². The minimum atomic E-state index is -0.863. The van der Waals surface area contributed by atoms with E-state index in [2.05, 4.69) is 10.1 Å². The number of carbonyl (C=O) groups excluding carboxylic acids is 1. The van der Waals surface area contributed by atoms with Crippen molar-refractivity contribution in [1.29, 1.82) is 0 Å². The Morgan fingerprint density at radius 2 is 1.74 bits per heavy atom. The molecule has 0 bridgehead atoms. The second-order valence-corrected chi connectivity index (χ2v) is 6.94. The van der Waals surface area contributed by atoms with Crippen LogP contribution in [0.15, 0.2) is 67.3 Å². The molecule has 1 saturated heterocycles. The van der Waals surface area contributed by atoms with E-state index < -0.39 is 5.60 Å². The zero-order valence-electron chi connectivity index (χ0n) is 15.0. The molecule has 6 nitrogen and oxygen atoms in total. The molecule has 1 aliphatic heterocycles. The largest absolute Gasteiger partial charge is 0.385 e. The summed E-state index contributed by atoms with van der Waals surface area (Å²) < 4.78 is 1.70. The van der Waals surface area contributed by atoms with Crippen LogP contribution in [0.25, 0.3) is 0 Å². The Morgan fingerprint density at radius 1 is 1.04 bits per heavy atom. The van der Waals surface area contributed by atoms with Crippen LogP contribution in [0.2, 0.25) is 0 Å². The van der Waals surface area contributed by atoms with Gasteiger partial charge in [-0.25, -0.2) is 9.67 Å². The summed E-state index contributed by atoms with van der Waals surface area (Å²) in [5.41, 5.74) is 1.65. The van der Waals surface area contributed by atoms with Gasteiger partial charge in [-0.15, -0.1) is 0 Å². The molecule has 0 radical (unpaired) electrons. The molecule has 1 amide bonds. The highest BCUT2D eigenvalue weighted by Crippen LogP contribution is 2.33. The summed E-state index contributed by atoms with van der Waals surface area (Å²) in [5, 5.41) is 15.1. The molecule has 1 aliphatic rings. The third-order valence-corrected chi connectivity index (χ3v) is 5.24. The Bertz CT molecular complexity index is 901. The molecule has 27 heavy (non-hydrogen) atoms. The molecule has 4 rings (SSSR count). The van der Waals surface area contributed by atoms with E-state index >= 15 is 0 Å². The van der Waals surface area contributed by atoms with Gasteiger partial charge in [0.25, 0.3) is 5.91 Å². The van der Waals surface area contributed by atoms with Crippen molar-refractivity contribution in [3.63, 3.8) is 0 Å². The molecule has 0 aliphatic carbocycles. The first-order valence-electron chi connectivity index (χ1n) is 9.13. The van der Waals surface area contributed by atoms with Gasteiger partial charge < -0.3 is 10.0 Å². The molecule has 2 aromatic carbocycles. The van der Waals surface area contributed by atoms with Gasteiger partial charge in [0, 0.05) is 18.7 Å². The maximum absolute atomic E-state index is 13.1. The number of amides is 1. The highest BCUT2D eigenvalue weighted by atomic mass is 16.3. The van der Waals surface area contributed by atoms with Crippen LogP contribution in [0.3, 0.4) is 0 Å². The number of aromatic nitrogens is 3. The van der Waals surface area contributed by atoms with Crippen LogP contribution in [-0.4, -0.2) is 43.8 Å². The normalized spacial score (nSPS) is 16.3. The predicted molar refractivity (Wildman–Crippen MR) is 101 cm³/mol. The van der Waals surface area contributed by atoms with E-state index in [9.17, 15) is 9.90 Å². The lowest BCUT2D eigenvalue weighted by Crippen LogP contribution is -2.45. The fourth-order valence-electron chi connectivity index (χ4n) is 3.64. The smallest absolute Gasteiger partial charge is 0.254 e. The number of aliphatic hydroxyl groups is 1. The molecule has 1 aromatic heterocycles. The standard InChI is InChI=1S/C21H22N4O2/c26-20(19-9-5-4-6-17(19)14-25-16-22-15-23-25)24-12-10-21(27,11-13-24)18-7-2-1-3-8-18/h1-9,15-16,27H,10-14H2. The minimum absolute atomic E-state index is 0.000766. The summed E-state index contributed by atoms with van der Waals surface area (Å²) in [7, 11) is 0. The Labute approximate surface area is 158 Å². The SMILES string of the molecule is O=C(c1ccccc1Cn1cncn1)N1CCC(O)(c2ccccc2)CC1. The lowest BCUT2D eigenvalue weighted by molar-refractivity contribution is -0.0211. The van der Waals surface area contributed by atoms with E-state index in [1.54, 1.807) is 11.0 Å². The molecule has 6 heteroatoms. The van der Waals surface area contributed by atoms with E-state index in [-0.39, 0.29) is 5.91 Å². The van der Waals surface area contributed by atoms with Crippen molar-refractivity contribution < 1.29 is 9.90 Å². The average molecular weight is 362 g/mol. The topological polar surface area (TPSA) is 71.2 Å².